The minimum atomic E-state index is 0.399. The molecule has 0 unspecified atom stereocenters. The number of rotatable bonds is 4. The highest BCUT2D eigenvalue weighted by Gasteiger charge is 2.39. The van der Waals surface area contributed by atoms with Crippen molar-refractivity contribution in [2.24, 2.45) is 22.6 Å². The molecule has 1 fully saturated rings. The summed E-state index contributed by atoms with van der Waals surface area (Å²) in [5.41, 5.74) is 6.82. The number of nitrogens with two attached hydrogens (primary N) is 1. The minimum Gasteiger partial charge on any atom is -0.497 e. The first-order chi connectivity index (χ1) is 8.60. The molecular weight excluding hydrogens is 226 g/mol. The van der Waals surface area contributed by atoms with Gasteiger partial charge in [0.25, 0.3) is 0 Å². The monoisotopic (exact) mass is 247 g/mol. The molecule has 0 amide bonds. The second kappa shape index (κ2) is 5.29. The van der Waals surface area contributed by atoms with Crippen molar-refractivity contribution in [3.8, 4) is 5.75 Å². The predicted octanol–water partition coefficient (Wildman–Crippen LogP) is 2.47. The van der Waals surface area contributed by atoms with Gasteiger partial charge in [0.1, 0.15) is 5.75 Å². The highest BCUT2D eigenvalue weighted by atomic mass is 16.5. The van der Waals surface area contributed by atoms with Crippen molar-refractivity contribution in [3.05, 3.63) is 24.3 Å². The lowest BCUT2D eigenvalue weighted by Crippen LogP contribution is -2.23. The smallest absolute Gasteiger partial charge is 0.193 e. The average Bonchev–Trinajstić information content (AvgIpc) is 3.09. The molecule has 0 spiro atoms. The summed E-state index contributed by atoms with van der Waals surface area (Å²) in [7, 11) is 1.65. The minimum absolute atomic E-state index is 0.399. The van der Waals surface area contributed by atoms with E-state index in [1.165, 1.54) is 0 Å². The molecule has 0 aliphatic heterocycles. The second-order valence-electron chi connectivity index (χ2n) is 5.08. The van der Waals surface area contributed by atoms with E-state index in [0.717, 1.165) is 17.9 Å². The molecule has 1 aliphatic carbocycles. The van der Waals surface area contributed by atoms with E-state index in [9.17, 15) is 0 Å². The number of anilines is 1. The van der Waals surface area contributed by atoms with Gasteiger partial charge < -0.3 is 15.8 Å². The van der Waals surface area contributed by atoms with Gasteiger partial charge in [0.15, 0.2) is 5.96 Å². The summed E-state index contributed by atoms with van der Waals surface area (Å²) in [5.74, 6) is 2.71. The Hall–Kier alpha value is -1.71. The van der Waals surface area contributed by atoms with Crippen LogP contribution in [-0.2, 0) is 0 Å². The first kappa shape index (κ1) is 12.7. The van der Waals surface area contributed by atoms with E-state index in [1.807, 2.05) is 24.3 Å². The van der Waals surface area contributed by atoms with E-state index in [0.29, 0.717) is 23.8 Å². The molecule has 0 saturated heterocycles. The van der Waals surface area contributed by atoms with Crippen molar-refractivity contribution in [1.29, 1.82) is 0 Å². The number of ether oxygens (including phenoxy) is 1. The molecule has 3 N–H and O–H groups in total. The van der Waals surface area contributed by atoms with Gasteiger partial charge in [-0.25, -0.2) is 4.99 Å². The van der Waals surface area contributed by atoms with Crippen LogP contribution in [0.1, 0.15) is 20.3 Å². The quantitative estimate of drug-likeness (QED) is 0.634. The van der Waals surface area contributed by atoms with Crippen LogP contribution in [0.4, 0.5) is 5.69 Å². The van der Waals surface area contributed by atoms with Crippen LogP contribution in [0.5, 0.6) is 5.75 Å². The van der Waals surface area contributed by atoms with Crippen LogP contribution in [0, 0.1) is 11.8 Å². The summed E-state index contributed by atoms with van der Waals surface area (Å²) < 4.78 is 5.10. The molecule has 1 aliphatic rings. The van der Waals surface area contributed by atoms with Crippen LogP contribution in [0.2, 0.25) is 0 Å². The highest BCUT2D eigenvalue weighted by molar-refractivity contribution is 5.92. The maximum Gasteiger partial charge on any atom is 0.193 e. The number of nitrogens with zero attached hydrogens (tertiary/aromatic N) is 1. The van der Waals surface area contributed by atoms with Crippen molar-refractivity contribution in [3.63, 3.8) is 0 Å². The first-order valence-electron chi connectivity index (χ1n) is 6.34. The lowest BCUT2D eigenvalue weighted by atomic mass is 10.1. The second-order valence-corrected chi connectivity index (χ2v) is 5.08. The van der Waals surface area contributed by atoms with Gasteiger partial charge in [0, 0.05) is 5.69 Å². The van der Waals surface area contributed by atoms with Crippen LogP contribution < -0.4 is 15.8 Å². The average molecular weight is 247 g/mol. The Morgan fingerprint density at radius 2 is 2.06 bits per heavy atom. The van der Waals surface area contributed by atoms with Gasteiger partial charge in [-0.15, -0.1) is 0 Å². The number of hydrogen-bond acceptors (Lipinski definition) is 2. The van der Waals surface area contributed by atoms with Gasteiger partial charge in [-0.2, -0.15) is 0 Å². The number of aliphatic imine (C=N–C) groups is 1. The van der Waals surface area contributed by atoms with E-state index in [1.54, 1.807) is 7.11 Å². The van der Waals surface area contributed by atoms with Crippen molar-refractivity contribution in [1.82, 2.24) is 0 Å². The maximum absolute atomic E-state index is 5.89. The predicted molar refractivity (Wildman–Crippen MR) is 75.0 cm³/mol. The fraction of sp³-hybridized carbons (Fsp3) is 0.500. The summed E-state index contributed by atoms with van der Waals surface area (Å²) >= 11 is 0. The molecule has 0 bridgehead atoms. The van der Waals surface area contributed by atoms with Crippen molar-refractivity contribution < 1.29 is 4.74 Å². The van der Waals surface area contributed by atoms with E-state index in [2.05, 4.69) is 24.2 Å². The Morgan fingerprint density at radius 1 is 1.39 bits per heavy atom. The first-order valence-corrected chi connectivity index (χ1v) is 6.34. The summed E-state index contributed by atoms with van der Waals surface area (Å²) in [6.07, 6.45) is 1.16. The molecule has 0 aromatic heterocycles. The van der Waals surface area contributed by atoms with Crippen molar-refractivity contribution >= 4 is 11.6 Å². The molecule has 0 radical (unpaired) electrons. The SMILES string of the molecule is COc1ccc(NC(N)=N[C@@H]2C[C@H]2C(C)C)cc1. The van der Waals surface area contributed by atoms with Crippen LogP contribution in [0.15, 0.2) is 29.3 Å². The maximum atomic E-state index is 5.89. The third-order valence-electron chi connectivity index (χ3n) is 3.33. The molecule has 1 saturated carbocycles. The molecule has 1 aromatic carbocycles. The van der Waals surface area contributed by atoms with Gasteiger partial charge in [0.2, 0.25) is 0 Å². The Balaban J connectivity index is 1.90. The van der Waals surface area contributed by atoms with E-state index < -0.39 is 0 Å². The summed E-state index contributed by atoms with van der Waals surface area (Å²) in [6, 6.07) is 8.03. The Bertz CT molecular complexity index is 425. The molecular formula is C14H21N3O. The van der Waals surface area contributed by atoms with E-state index >= 15 is 0 Å². The molecule has 1 aromatic rings. The summed E-state index contributed by atoms with van der Waals surface area (Å²) in [5, 5.41) is 3.10. The molecule has 18 heavy (non-hydrogen) atoms. The van der Waals surface area contributed by atoms with Gasteiger partial charge in [0.05, 0.1) is 13.2 Å². The third-order valence-corrected chi connectivity index (χ3v) is 3.33. The van der Waals surface area contributed by atoms with Crippen LogP contribution in [-0.4, -0.2) is 19.1 Å². The van der Waals surface area contributed by atoms with Crippen LogP contribution in [0.3, 0.4) is 0 Å². The number of nitrogens with one attached hydrogen (secondary N) is 1. The Labute approximate surface area is 108 Å². The zero-order valence-electron chi connectivity index (χ0n) is 11.2. The molecule has 4 nitrogen and oxygen atoms in total. The van der Waals surface area contributed by atoms with Crippen molar-refractivity contribution in [2.75, 3.05) is 12.4 Å². The van der Waals surface area contributed by atoms with Gasteiger partial charge in [-0.05, 0) is 42.5 Å². The number of hydrogen-bond donors (Lipinski definition) is 2. The van der Waals surface area contributed by atoms with E-state index in [-0.39, 0.29) is 0 Å². The molecule has 98 valence electrons. The Kier molecular flexibility index (Phi) is 3.75. The fourth-order valence-electron chi connectivity index (χ4n) is 2.10. The van der Waals surface area contributed by atoms with E-state index in [4.69, 9.17) is 10.5 Å². The van der Waals surface area contributed by atoms with Gasteiger partial charge in [-0.1, -0.05) is 13.8 Å². The Morgan fingerprint density at radius 3 is 2.56 bits per heavy atom. The topological polar surface area (TPSA) is 59.6 Å². The molecule has 2 atom stereocenters. The lowest BCUT2D eigenvalue weighted by molar-refractivity contribution is 0.415. The number of guanidine groups is 1. The standard InChI is InChI=1S/C14H21N3O/c1-9(2)12-8-13(12)17-14(15)16-10-4-6-11(18-3)7-5-10/h4-7,9,12-13H,8H2,1-3H3,(H3,15,16,17)/t12-,13+/m0/s1. The van der Waals surface area contributed by atoms with Crippen LogP contribution in [0.25, 0.3) is 0 Å². The van der Waals surface area contributed by atoms with Crippen molar-refractivity contribution in [2.45, 2.75) is 26.3 Å². The fourth-order valence-corrected chi connectivity index (χ4v) is 2.10. The van der Waals surface area contributed by atoms with Crippen LogP contribution >= 0.6 is 0 Å². The molecule has 4 heteroatoms. The lowest BCUT2D eigenvalue weighted by Gasteiger charge is -2.07. The van der Waals surface area contributed by atoms with Gasteiger partial charge in [-0.3, -0.25) is 0 Å². The number of benzene rings is 1. The zero-order chi connectivity index (χ0) is 13.1. The molecule has 2 rings (SSSR count). The number of methoxy groups -OCH3 is 1. The zero-order valence-corrected chi connectivity index (χ0v) is 11.2. The third kappa shape index (κ3) is 3.15. The normalized spacial score (nSPS) is 23.0. The largest absolute Gasteiger partial charge is 0.497 e. The summed E-state index contributed by atoms with van der Waals surface area (Å²) in [4.78, 5) is 4.48. The van der Waals surface area contributed by atoms with Gasteiger partial charge >= 0.3 is 0 Å². The highest BCUT2D eigenvalue weighted by Crippen LogP contribution is 2.39. The molecule has 0 heterocycles. The summed E-state index contributed by atoms with van der Waals surface area (Å²) in [6.45, 7) is 4.46.